The summed E-state index contributed by atoms with van der Waals surface area (Å²) < 4.78 is 29.1. The molecule has 0 amide bonds. The molecule has 21 heavy (non-hydrogen) atoms. The quantitative estimate of drug-likeness (QED) is 0.635. The third-order valence-corrected chi connectivity index (χ3v) is 3.80. The highest BCUT2D eigenvalue weighted by atomic mass is 35.5. The second-order valence-electron chi connectivity index (χ2n) is 4.59. The average Bonchev–Trinajstić information content (AvgIpc) is 2.79. The van der Waals surface area contributed by atoms with E-state index in [1.807, 2.05) is 0 Å². The topological polar surface area (TPSA) is 17.8 Å². The summed E-state index contributed by atoms with van der Waals surface area (Å²) in [6, 6.07) is 9.19. The molecule has 0 spiro atoms. The van der Waals surface area contributed by atoms with Gasteiger partial charge in [-0.05, 0) is 12.1 Å². The van der Waals surface area contributed by atoms with E-state index in [4.69, 9.17) is 23.2 Å². The Labute approximate surface area is 129 Å². The van der Waals surface area contributed by atoms with Gasteiger partial charge in [0.2, 0.25) is 0 Å². The Bertz CT molecular complexity index is 815. The molecule has 0 aliphatic heterocycles. The monoisotopic (exact) mass is 326 g/mol. The van der Waals surface area contributed by atoms with Gasteiger partial charge in [-0.3, -0.25) is 0 Å². The first-order valence-corrected chi connectivity index (χ1v) is 7.15. The smallest absolute Gasteiger partial charge is 0.144 e. The van der Waals surface area contributed by atoms with Crippen molar-refractivity contribution in [1.82, 2.24) is 9.55 Å². The maximum absolute atomic E-state index is 13.8. The fourth-order valence-electron chi connectivity index (χ4n) is 2.25. The van der Waals surface area contributed by atoms with Crippen molar-refractivity contribution in [3.05, 3.63) is 64.4 Å². The number of nitrogens with zero attached hydrogens (tertiary/aromatic N) is 2. The first kappa shape index (κ1) is 14.3. The molecule has 108 valence electrons. The van der Waals surface area contributed by atoms with Gasteiger partial charge in [0.15, 0.2) is 0 Å². The van der Waals surface area contributed by atoms with Gasteiger partial charge in [0.05, 0.1) is 28.5 Å². The van der Waals surface area contributed by atoms with Crippen LogP contribution < -0.4 is 0 Å². The molecular weight excluding hydrogens is 317 g/mol. The van der Waals surface area contributed by atoms with Crippen LogP contribution in [0.1, 0.15) is 11.4 Å². The number of hydrogen-bond acceptors (Lipinski definition) is 1. The lowest BCUT2D eigenvalue weighted by molar-refractivity contribution is 0.599. The zero-order valence-corrected chi connectivity index (χ0v) is 12.3. The van der Waals surface area contributed by atoms with Crippen molar-refractivity contribution in [3.8, 4) is 0 Å². The van der Waals surface area contributed by atoms with E-state index >= 15 is 0 Å². The molecule has 3 rings (SSSR count). The van der Waals surface area contributed by atoms with Crippen LogP contribution in [0.5, 0.6) is 0 Å². The van der Waals surface area contributed by atoms with Crippen molar-refractivity contribution in [1.29, 1.82) is 0 Å². The van der Waals surface area contributed by atoms with Crippen molar-refractivity contribution < 1.29 is 8.78 Å². The zero-order chi connectivity index (χ0) is 15.0. The summed E-state index contributed by atoms with van der Waals surface area (Å²) in [7, 11) is 0. The molecule has 0 saturated carbocycles. The number of fused-ring (bicyclic) bond motifs is 1. The molecule has 0 atom stereocenters. The highest BCUT2D eigenvalue weighted by Crippen LogP contribution is 2.25. The van der Waals surface area contributed by atoms with Gasteiger partial charge in [-0.25, -0.2) is 13.8 Å². The summed E-state index contributed by atoms with van der Waals surface area (Å²) in [6.07, 6.45) is 0. The van der Waals surface area contributed by atoms with Gasteiger partial charge in [-0.15, -0.1) is 11.6 Å². The predicted octanol–water partition coefficient (Wildman–Crippen LogP) is 4.76. The standard InChI is InChI=1S/C15H10Cl2F2N2/c16-7-15-20-13-6-12(19)10(17)5-14(13)21(15)8-9-3-1-2-4-11(9)18/h1-6H,7-8H2. The lowest BCUT2D eigenvalue weighted by Gasteiger charge is -2.09. The first-order chi connectivity index (χ1) is 10.1. The maximum Gasteiger partial charge on any atom is 0.144 e. The molecule has 0 unspecified atom stereocenters. The summed E-state index contributed by atoms with van der Waals surface area (Å²) in [4.78, 5) is 4.27. The minimum Gasteiger partial charge on any atom is -0.322 e. The molecule has 0 saturated heterocycles. The lowest BCUT2D eigenvalue weighted by Crippen LogP contribution is -2.05. The molecule has 6 heteroatoms. The fraction of sp³-hybridized carbons (Fsp3) is 0.133. The van der Waals surface area contributed by atoms with Crippen molar-refractivity contribution in [2.75, 3.05) is 0 Å². The van der Waals surface area contributed by atoms with E-state index in [0.717, 1.165) is 0 Å². The minimum atomic E-state index is -0.541. The molecule has 2 aromatic carbocycles. The van der Waals surface area contributed by atoms with Crippen LogP contribution in [-0.2, 0) is 12.4 Å². The molecule has 0 bridgehead atoms. The summed E-state index contributed by atoms with van der Waals surface area (Å²) in [5.41, 5.74) is 1.58. The number of imidazole rings is 1. The fourth-order valence-corrected chi connectivity index (χ4v) is 2.61. The molecule has 1 heterocycles. The Kier molecular flexibility index (Phi) is 3.83. The minimum absolute atomic E-state index is 0.00157. The SMILES string of the molecule is Fc1cc2nc(CCl)n(Cc3ccccc3F)c2cc1Cl. The highest BCUT2D eigenvalue weighted by molar-refractivity contribution is 6.31. The number of aromatic nitrogens is 2. The largest absolute Gasteiger partial charge is 0.322 e. The van der Waals surface area contributed by atoms with Crippen LogP contribution in [0.3, 0.4) is 0 Å². The van der Waals surface area contributed by atoms with Crippen LogP contribution >= 0.6 is 23.2 Å². The van der Waals surface area contributed by atoms with Gasteiger partial charge < -0.3 is 4.57 Å². The van der Waals surface area contributed by atoms with Gasteiger partial charge in [-0.2, -0.15) is 0 Å². The Balaban J connectivity index is 2.16. The maximum atomic E-state index is 13.8. The normalized spacial score (nSPS) is 11.2. The Morgan fingerprint density at radius 3 is 2.57 bits per heavy atom. The van der Waals surface area contributed by atoms with Gasteiger partial charge in [-0.1, -0.05) is 29.8 Å². The van der Waals surface area contributed by atoms with Crippen molar-refractivity contribution in [2.45, 2.75) is 12.4 Å². The second kappa shape index (κ2) is 5.62. The molecule has 1 aromatic heterocycles. The zero-order valence-electron chi connectivity index (χ0n) is 10.8. The van der Waals surface area contributed by atoms with Crippen LogP contribution in [-0.4, -0.2) is 9.55 Å². The lowest BCUT2D eigenvalue weighted by atomic mass is 10.2. The van der Waals surface area contributed by atoms with Crippen LogP contribution in [0.2, 0.25) is 5.02 Å². The molecule has 3 aromatic rings. The summed E-state index contributed by atoms with van der Waals surface area (Å²) >= 11 is 11.7. The second-order valence-corrected chi connectivity index (χ2v) is 5.27. The van der Waals surface area contributed by atoms with E-state index < -0.39 is 5.82 Å². The molecule has 2 nitrogen and oxygen atoms in total. The number of rotatable bonds is 3. The molecule has 0 aliphatic carbocycles. The van der Waals surface area contributed by atoms with Gasteiger partial charge >= 0.3 is 0 Å². The summed E-state index contributed by atoms with van der Waals surface area (Å²) in [5, 5.41) is -0.00157. The molecule has 0 fully saturated rings. The summed E-state index contributed by atoms with van der Waals surface area (Å²) in [5.74, 6) is -0.173. The Hall–Kier alpha value is -1.65. The first-order valence-electron chi connectivity index (χ1n) is 6.23. The molecule has 0 radical (unpaired) electrons. The van der Waals surface area contributed by atoms with Crippen LogP contribution in [0.25, 0.3) is 11.0 Å². The third-order valence-electron chi connectivity index (χ3n) is 3.28. The van der Waals surface area contributed by atoms with Crippen molar-refractivity contribution in [2.24, 2.45) is 0 Å². The predicted molar refractivity (Wildman–Crippen MR) is 79.8 cm³/mol. The van der Waals surface area contributed by atoms with Gasteiger partial charge in [0.1, 0.15) is 17.5 Å². The number of benzene rings is 2. The van der Waals surface area contributed by atoms with E-state index in [1.54, 1.807) is 22.8 Å². The summed E-state index contributed by atoms with van der Waals surface area (Å²) in [6.45, 7) is 0.257. The van der Waals surface area contributed by atoms with Crippen LogP contribution in [0.4, 0.5) is 8.78 Å². The van der Waals surface area contributed by atoms with E-state index in [0.29, 0.717) is 22.4 Å². The Morgan fingerprint density at radius 1 is 1.10 bits per heavy atom. The Morgan fingerprint density at radius 2 is 1.86 bits per heavy atom. The molecule has 0 N–H and O–H groups in total. The van der Waals surface area contributed by atoms with E-state index in [1.165, 1.54) is 18.2 Å². The van der Waals surface area contributed by atoms with E-state index in [-0.39, 0.29) is 23.3 Å². The van der Waals surface area contributed by atoms with E-state index in [2.05, 4.69) is 4.98 Å². The van der Waals surface area contributed by atoms with E-state index in [9.17, 15) is 8.78 Å². The van der Waals surface area contributed by atoms with Crippen LogP contribution in [0, 0.1) is 11.6 Å². The van der Waals surface area contributed by atoms with Gasteiger partial charge in [0.25, 0.3) is 0 Å². The average molecular weight is 327 g/mol. The highest BCUT2D eigenvalue weighted by Gasteiger charge is 2.14. The number of hydrogen-bond donors (Lipinski definition) is 0. The van der Waals surface area contributed by atoms with Crippen molar-refractivity contribution in [3.63, 3.8) is 0 Å². The molecule has 0 aliphatic rings. The van der Waals surface area contributed by atoms with Gasteiger partial charge in [0, 0.05) is 11.6 Å². The molecular formula is C15H10Cl2F2N2. The number of halogens is 4. The van der Waals surface area contributed by atoms with Crippen molar-refractivity contribution >= 4 is 34.2 Å². The third kappa shape index (κ3) is 2.61. The number of alkyl halides is 1. The van der Waals surface area contributed by atoms with Crippen LogP contribution in [0.15, 0.2) is 36.4 Å².